The number of nitrogens with zero attached hydrogens (tertiary/aromatic N) is 2. The van der Waals surface area contributed by atoms with Crippen molar-refractivity contribution in [3.8, 4) is 17.2 Å². The van der Waals surface area contributed by atoms with Gasteiger partial charge in [0, 0.05) is 5.02 Å². The molecule has 0 unspecified atom stereocenters. The van der Waals surface area contributed by atoms with E-state index in [1.165, 1.54) is 25.5 Å². The molecule has 0 saturated carbocycles. The summed E-state index contributed by atoms with van der Waals surface area (Å²) in [6, 6.07) is 9.71. The van der Waals surface area contributed by atoms with Crippen molar-refractivity contribution in [1.82, 2.24) is 5.43 Å². The minimum absolute atomic E-state index is 0.148. The molecule has 2 aromatic rings. The summed E-state index contributed by atoms with van der Waals surface area (Å²) in [4.78, 5) is 12.4. The maximum atomic E-state index is 12.4. The van der Waals surface area contributed by atoms with Crippen molar-refractivity contribution in [2.45, 2.75) is 13.8 Å². The van der Waals surface area contributed by atoms with Crippen LogP contribution in [0.5, 0.6) is 17.2 Å². The molecule has 0 atom stereocenters. The van der Waals surface area contributed by atoms with Crippen LogP contribution in [0.2, 0.25) is 5.02 Å². The average molecular weight is 484 g/mol. The number of hydrogen-bond acceptors (Lipinski definition) is 7. The molecule has 0 spiro atoms. The lowest BCUT2D eigenvalue weighted by atomic mass is 10.2. The number of carbonyl (C=O) groups excluding carboxylic acids is 1. The molecule has 0 saturated heterocycles. The Morgan fingerprint density at radius 1 is 1.09 bits per heavy atom. The van der Waals surface area contributed by atoms with Crippen LogP contribution < -0.4 is 23.9 Å². The summed E-state index contributed by atoms with van der Waals surface area (Å²) >= 11 is 6.00. The van der Waals surface area contributed by atoms with Crippen LogP contribution in [0.3, 0.4) is 0 Å². The summed E-state index contributed by atoms with van der Waals surface area (Å²) in [6.07, 6.45) is 2.40. The van der Waals surface area contributed by atoms with Gasteiger partial charge in [0.2, 0.25) is 10.0 Å². The molecule has 1 N–H and O–H groups in total. The molecule has 2 rings (SSSR count). The van der Waals surface area contributed by atoms with Crippen LogP contribution in [0.1, 0.15) is 19.4 Å². The van der Waals surface area contributed by atoms with E-state index in [1.807, 2.05) is 13.8 Å². The normalized spacial score (nSPS) is 11.3. The van der Waals surface area contributed by atoms with Gasteiger partial charge in [0.15, 0.2) is 11.5 Å². The van der Waals surface area contributed by atoms with E-state index in [-0.39, 0.29) is 11.4 Å². The molecule has 11 heteroatoms. The van der Waals surface area contributed by atoms with Crippen molar-refractivity contribution in [3.63, 3.8) is 0 Å². The molecule has 0 heterocycles. The highest BCUT2D eigenvalue weighted by atomic mass is 35.5. The van der Waals surface area contributed by atoms with Crippen molar-refractivity contribution in [3.05, 3.63) is 47.0 Å². The minimum atomic E-state index is -3.81. The standard InChI is InChI=1S/C21H26ClN3O6S/c1-5-30-19-9-7-15(11-20(19)31-6-2)13-23-24-21(26)14-25(32(4,27)28)17-12-16(22)8-10-18(17)29-3/h7-13H,5-6,14H2,1-4H3,(H,24,26)/b23-13-. The zero-order valence-corrected chi connectivity index (χ0v) is 19.9. The number of hydrazone groups is 1. The number of halogens is 1. The van der Waals surface area contributed by atoms with Gasteiger partial charge in [-0.1, -0.05) is 11.6 Å². The Kier molecular flexibility index (Phi) is 9.15. The van der Waals surface area contributed by atoms with Gasteiger partial charge in [0.25, 0.3) is 5.91 Å². The third-order valence-corrected chi connectivity index (χ3v) is 5.43. The number of nitrogens with one attached hydrogen (secondary N) is 1. The van der Waals surface area contributed by atoms with E-state index in [9.17, 15) is 13.2 Å². The summed E-state index contributed by atoms with van der Waals surface area (Å²) in [7, 11) is -2.42. The van der Waals surface area contributed by atoms with Gasteiger partial charge >= 0.3 is 0 Å². The lowest BCUT2D eigenvalue weighted by Crippen LogP contribution is -2.39. The number of hydrogen-bond donors (Lipinski definition) is 1. The van der Waals surface area contributed by atoms with E-state index in [0.29, 0.717) is 35.3 Å². The fourth-order valence-electron chi connectivity index (χ4n) is 2.73. The van der Waals surface area contributed by atoms with Crippen molar-refractivity contribution in [2.24, 2.45) is 5.10 Å². The fourth-order valence-corrected chi connectivity index (χ4v) is 3.75. The molecule has 0 aliphatic carbocycles. The fraction of sp³-hybridized carbons (Fsp3) is 0.333. The monoisotopic (exact) mass is 483 g/mol. The molecule has 2 aromatic carbocycles. The summed E-state index contributed by atoms with van der Waals surface area (Å²) in [5.41, 5.74) is 3.13. The number of anilines is 1. The number of sulfonamides is 1. The van der Waals surface area contributed by atoms with Crippen LogP contribution in [0, 0.1) is 0 Å². The quantitative estimate of drug-likeness (QED) is 0.389. The SMILES string of the molecule is CCOc1ccc(/C=N\NC(=O)CN(c2cc(Cl)ccc2OC)S(C)(=O)=O)cc1OCC. The van der Waals surface area contributed by atoms with Crippen LogP contribution in [0.4, 0.5) is 5.69 Å². The number of benzene rings is 2. The molecular weight excluding hydrogens is 458 g/mol. The van der Waals surface area contributed by atoms with E-state index in [4.69, 9.17) is 25.8 Å². The van der Waals surface area contributed by atoms with Crippen LogP contribution in [-0.4, -0.2) is 53.7 Å². The summed E-state index contributed by atoms with van der Waals surface area (Å²) in [6.45, 7) is 4.18. The molecule has 0 aliphatic rings. The second-order valence-corrected chi connectivity index (χ2v) is 8.79. The molecule has 0 bridgehead atoms. The predicted octanol–water partition coefficient (Wildman–Crippen LogP) is 3.06. The Morgan fingerprint density at radius 2 is 1.75 bits per heavy atom. The van der Waals surface area contributed by atoms with Gasteiger partial charge in [0.05, 0.1) is 38.5 Å². The van der Waals surface area contributed by atoms with Gasteiger partial charge < -0.3 is 14.2 Å². The molecule has 9 nitrogen and oxygen atoms in total. The lowest BCUT2D eigenvalue weighted by molar-refractivity contribution is -0.119. The predicted molar refractivity (Wildman–Crippen MR) is 125 cm³/mol. The maximum absolute atomic E-state index is 12.4. The van der Waals surface area contributed by atoms with E-state index in [0.717, 1.165) is 10.6 Å². The smallest absolute Gasteiger partial charge is 0.260 e. The van der Waals surface area contributed by atoms with Crippen LogP contribution in [0.25, 0.3) is 0 Å². The molecule has 0 aliphatic heterocycles. The topological polar surface area (TPSA) is 107 Å². The van der Waals surface area contributed by atoms with Crippen LogP contribution >= 0.6 is 11.6 Å². The number of rotatable bonds is 11. The van der Waals surface area contributed by atoms with E-state index in [1.54, 1.807) is 24.3 Å². The first-order valence-electron chi connectivity index (χ1n) is 9.72. The van der Waals surface area contributed by atoms with Gasteiger partial charge in [-0.25, -0.2) is 13.8 Å². The van der Waals surface area contributed by atoms with E-state index >= 15 is 0 Å². The van der Waals surface area contributed by atoms with Gasteiger partial charge in [0.1, 0.15) is 12.3 Å². The highest BCUT2D eigenvalue weighted by Gasteiger charge is 2.24. The van der Waals surface area contributed by atoms with Crippen LogP contribution in [-0.2, 0) is 14.8 Å². The highest BCUT2D eigenvalue weighted by molar-refractivity contribution is 7.92. The first kappa shape index (κ1) is 25.3. The minimum Gasteiger partial charge on any atom is -0.495 e. The Balaban J connectivity index is 2.15. The van der Waals surface area contributed by atoms with Crippen molar-refractivity contribution in [2.75, 3.05) is 37.4 Å². The number of amides is 1. The van der Waals surface area contributed by atoms with Gasteiger partial charge in [-0.3, -0.25) is 9.10 Å². The highest BCUT2D eigenvalue weighted by Crippen LogP contribution is 2.32. The van der Waals surface area contributed by atoms with E-state index in [2.05, 4.69) is 10.5 Å². The summed E-state index contributed by atoms with van der Waals surface area (Å²) < 4.78 is 41.8. The Hall–Kier alpha value is -2.98. The van der Waals surface area contributed by atoms with Crippen molar-refractivity contribution >= 4 is 39.4 Å². The lowest BCUT2D eigenvalue weighted by Gasteiger charge is -2.23. The Morgan fingerprint density at radius 3 is 2.38 bits per heavy atom. The van der Waals surface area contributed by atoms with Crippen molar-refractivity contribution in [1.29, 1.82) is 0 Å². The van der Waals surface area contributed by atoms with E-state index < -0.39 is 22.5 Å². The third kappa shape index (κ3) is 7.03. The third-order valence-electron chi connectivity index (χ3n) is 4.07. The Labute approximate surface area is 193 Å². The molecule has 0 fully saturated rings. The number of carbonyl (C=O) groups is 1. The first-order valence-corrected chi connectivity index (χ1v) is 11.9. The van der Waals surface area contributed by atoms with Gasteiger partial charge in [-0.15, -0.1) is 0 Å². The summed E-state index contributed by atoms with van der Waals surface area (Å²) in [5, 5.41) is 4.21. The summed E-state index contributed by atoms with van der Waals surface area (Å²) in [5.74, 6) is 0.773. The average Bonchev–Trinajstić information content (AvgIpc) is 2.73. The second kappa shape index (κ2) is 11.6. The molecule has 1 amide bonds. The largest absolute Gasteiger partial charge is 0.495 e. The van der Waals surface area contributed by atoms with Crippen molar-refractivity contribution < 1.29 is 27.4 Å². The van der Waals surface area contributed by atoms with Gasteiger partial charge in [-0.2, -0.15) is 5.10 Å². The van der Waals surface area contributed by atoms with Crippen LogP contribution in [0.15, 0.2) is 41.5 Å². The molecule has 0 radical (unpaired) electrons. The molecule has 32 heavy (non-hydrogen) atoms. The number of ether oxygens (including phenoxy) is 3. The number of methoxy groups -OCH3 is 1. The zero-order chi connectivity index (χ0) is 23.7. The Bertz CT molecular complexity index is 1080. The second-order valence-electron chi connectivity index (χ2n) is 6.45. The van der Waals surface area contributed by atoms with Gasteiger partial charge in [-0.05, 0) is 55.8 Å². The zero-order valence-electron chi connectivity index (χ0n) is 18.3. The maximum Gasteiger partial charge on any atom is 0.260 e. The molecular formula is C21H26ClN3O6S. The molecule has 0 aromatic heterocycles. The molecule has 174 valence electrons. The first-order chi connectivity index (χ1) is 15.2.